The van der Waals surface area contributed by atoms with Crippen LogP contribution >= 0.6 is 11.6 Å². The molecule has 4 rings (SSSR count). The van der Waals surface area contributed by atoms with Crippen LogP contribution in [-0.4, -0.2) is 64.1 Å². The number of amides is 2. The molecule has 0 bridgehead atoms. The molecule has 0 unspecified atom stereocenters. The van der Waals surface area contributed by atoms with Gasteiger partial charge in [0.15, 0.2) is 5.82 Å². The third-order valence-corrected chi connectivity index (χ3v) is 6.30. The number of alkyl halides is 3. The van der Waals surface area contributed by atoms with E-state index in [1.165, 1.54) is 37.5 Å². The van der Waals surface area contributed by atoms with Gasteiger partial charge in [0.25, 0.3) is 11.8 Å². The number of anilines is 1. The minimum absolute atomic E-state index is 0.0217. The normalized spacial score (nSPS) is 13.4. The summed E-state index contributed by atoms with van der Waals surface area (Å²) in [6.45, 7) is 4.75. The molecule has 0 radical (unpaired) electrons. The Hall–Kier alpha value is -4.81. The molecule has 0 aliphatic carbocycles. The van der Waals surface area contributed by atoms with E-state index in [9.17, 15) is 28.0 Å². The Kier molecular flexibility index (Phi) is 8.88. The molecular weight excluding hydrogens is 579 g/mol. The van der Waals surface area contributed by atoms with Crippen molar-refractivity contribution in [1.82, 2.24) is 25.1 Å². The van der Waals surface area contributed by atoms with Crippen molar-refractivity contribution in [3.63, 3.8) is 0 Å². The summed E-state index contributed by atoms with van der Waals surface area (Å²) in [5, 5.41) is 26.7. The molecule has 1 fully saturated rings. The molecule has 0 atom stereocenters. The summed E-state index contributed by atoms with van der Waals surface area (Å²) in [5.74, 6) is -1.30. The highest BCUT2D eigenvalue weighted by molar-refractivity contribution is 6.32. The molecule has 12 nitrogen and oxygen atoms in total. The topological polar surface area (TPSA) is 150 Å². The van der Waals surface area contributed by atoms with Crippen LogP contribution in [0.1, 0.15) is 37.7 Å². The minimum atomic E-state index is -4.81. The van der Waals surface area contributed by atoms with E-state index in [0.29, 0.717) is 23.8 Å². The first-order chi connectivity index (χ1) is 19.9. The fraction of sp³-hybridized carbons (Fsp3) is 0.269. The third kappa shape index (κ3) is 6.56. The fourth-order valence-electron chi connectivity index (χ4n) is 3.91. The van der Waals surface area contributed by atoms with E-state index in [1.807, 2.05) is 6.07 Å². The Morgan fingerprint density at radius 1 is 1.31 bits per heavy atom. The lowest BCUT2D eigenvalue weighted by molar-refractivity contribution is -0.112. The van der Waals surface area contributed by atoms with Crippen LogP contribution in [0.4, 0.5) is 18.9 Å². The van der Waals surface area contributed by atoms with E-state index in [-0.39, 0.29) is 45.1 Å². The summed E-state index contributed by atoms with van der Waals surface area (Å²) in [6.07, 6.45) is -3.42. The first kappa shape index (κ1) is 30.2. The number of allylic oxidation sites excluding steroid dienone is 1. The van der Waals surface area contributed by atoms with Crippen LogP contribution in [0.5, 0.6) is 0 Å². The van der Waals surface area contributed by atoms with Crippen LogP contribution in [0.3, 0.4) is 0 Å². The molecule has 0 saturated carbocycles. The van der Waals surface area contributed by atoms with Gasteiger partial charge in [-0.3, -0.25) is 9.59 Å². The Morgan fingerprint density at radius 3 is 2.64 bits per heavy atom. The van der Waals surface area contributed by atoms with Gasteiger partial charge in [-0.2, -0.15) is 28.6 Å². The van der Waals surface area contributed by atoms with E-state index < -0.39 is 30.2 Å². The quantitative estimate of drug-likeness (QED) is 0.273. The number of benzene rings is 1. The van der Waals surface area contributed by atoms with Crippen molar-refractivity contribution in [2.45, 2.75) is 25.7 Å². The first-order valence-electron chi connectivity index (χ1n) is 12.2. The van der Waals surface area contributed by atoms with Gasteiger partial charge in [-0.25, -0.2) is 14.7 Å². The van der Waals surface area contributed by atoms with Gasteiger partial charge in [-0.1, -0.05) is 23.4 Å². The van der Waals surface area contributed by atoms with E-state index in [1.54, 1.807) is 13.0 Å². The van der Waals surface area contributed by atoms with Gasteiger partial charge < -0.3 is 15.4 Å². The highest BCUT2D eigenvalue weighted by Gasteiger charge is 2.37. The number of halogens is 4. The molecule has 1 saturated heterocycles. The number of carbonyl (C=O) groups excluding carboxylic acids is 2. The Bertz CT molecular complexity index is 1610. The highest BCUT2D eigenvalue weighted by Crippen LogP contribution is 2.30. The molecular formula is C26H23ClF3N9O3. The minimum Gasteiger partial charge on any atom is -0.377 e. The number of hydrogen-bond acceptors (Lipinski definition) is 8. The van der Waals surface area contributed by atoms with Crippen molar-refractivity contribution in [3.05, 3.63) is 81.9 Å². The number of hydrogen-bond donors (Lipinski definition) is 2. The van der Waals surface area contributed by atoms with Crippen LogP contribution in [-0.2, 0) is 11.3 Å². The maximum Gasteiger partial charge on any atom is 0.432 e. The van der Waals surface area contributed by atoms with Crippen LogP contribution in [0.25, 0.3) is 5.82 Å². The lowest BCUT2D eigenvalue weighted by Crippen LogP contribution is -2.48. The average Bonchev–Trinajstić information content (AvgIpc) is 3.34. The molecule has 1 aliphatic rings. The maximum atomic E-state index is 13.7. The van der Waals surface area contributed by atoms with Crippen molar-refractivity contribution in [1.29, 1.82) is 5.26 Å². The molecule has 1 aliphatic heterocycles. The number of aromatic nitrogens is 3. The SMILES string of the molecule is C=C(N(Cc1cc(C(=O)Nc2c(C)cc(C#N)cc2C(=O)NC2COC2)n(-c2ncccc2Cl)n1)N=NC)C(F)(F)F. The summed E-state index contributed by atoms with van der Waals surface area (Å²) in [4.78, 5) is 30.9. The number of rotatable bonds is 9. The second kappa shape index (κ2) is 12.4. The van der Waals surface area contributed by atoms with Crippen LogP contribution in [0.2, 0.25) is 5.02 Å². The standard InChI is InChI=1S/C26H23ClF3N9O3/c1-14-7-16(10-31)8-19(24(40)34-18-12-42-13-18)22(14)35-25(41)21-9-17(11-38(37-32-3)15(2)26(28,29)30)36-39(21)23-20(27)5-4-6-33-23/h4-9,18H,2,11-13H2,1,3H3,(H,34,40)(H,35,41). The number of ether oxygens (including phenoxy) is 1. The molecule has 3 heterocycles. The number of nitriles is 1. The summed E-state index contributed by atoms with van der Waals surface area (Å²) in [6, 6.07) is 8.86. The van der Waals surface area contributed by atoms with Crippen LogP contribution in [0, 0.1) is 18.3 Å². The molecule has 0 spiro atoms. The number of nitrogens with one attached hydrogen (secondary N) is 2. The Morgan fingerprint density at radius 2 is 2.05 bits per heavy atom. The molecule has 2 aromatic heterocycles. The van der Waals surface area contributed by atoms with E-state index >= 15 is 0 Å². The van der Waals surface area contributed by atoms with Crippen LogP contribution < -0.4 is 10.6 Å². The molecule has 2 amide bonds. The van der Waals surface area contributed by atoms with E-state index in [0.717, 1.165) is 4.68 Å². The van der Waals surface area contributed by atoms with Crippen LogP contribution in [0.15, 0.2) is 59.1 Å². The number of aryl methyl sites for hydroxylation is 1. The average molecular weight is 602 g/mol. The van der Waals surface area contributed by atoms with Gasteiger partial charge in [0, 0.05) is 6.20 Å². The zero-order chi connectivity index (χ0) is 30.6. The smallest absolute Gasteiger partial charge is 0.377 e. The van der Waals surface area contributed by atoms with Crippen molar-refractivity contribution in [2.24, 2.45) is 10.3 Å². The number of nitrogens with zero attached hydrogens (tertiary/aromatic N) is 7. The van der Waals surface area contributed by atoms with Gasteiger partial charge >= 0.3 is 6.18 Å². The molecule has 218 valence electrons. The first-order valence-corrected chi connectivity index (χ1v) is 12.6. The summed E-state index contributed by atoms with van der Waals surface area (Å²) < 4.78 is 46.3. The second-order valence-electron chi connectivity index (χ2n) is 9.02. The van der Waals surface area contributed by atoms with Crippen molar-refractivity contribution in [2.75, 3.05) is 25.6 Å². The predicted molar refractivity (Wildman–Crippen MR) is 144 cm³/mol. The molecule has 42 heavy (non-hydrogen) atoms. The van der Waals surface area contributed by atoms with Gasteiger partial charge in [-0.05, 0) is 42.8 Å². The lowest BCUT2D eigenvalue weighted by atomic mass is 10.0. The molecule has 1 aromatic carbocycles. The Labute approximate surface area is 242 Å². The molecule has 3 aromatic rings. The Balaban J connectivity index is 1.75. The second-order valence-corrected chi connectivity index (χ2v) is 9.43. The fourth-order valence-corrected chi connectivity index (χ4v) is 4.11. The number of pyridine rings is 1. The van der Waals surface area contributed by atoms with Crippen molar-refractivity contribution < 1.29 is 27.5 Å². The largest absolute Gasteiger partial charge is 0.432 e. The molecule has 2 N–H and O–H groups in total. The maximum absolute atomic E-state index is 13.7. The van der Waals surface area contributed by atoms with Gasteiger partial charge in [-0.15, -0.1) is 0 Å². The van der Waals surface area contributed by atoms with Gasteiger partial charge in [0.1, 0.15) is 11.4 Å². The zero-order valence-electron chi connectivity index (χ0n) is 22.2. The van der Waals surface area contributed by atoms with Crippen molar-refractivity contribution >= 4 is 29.1 Å². The van der Waals surface area contributed by atoms with E-state index in [2.05, 4.69) is 37.6 Å². The highest BCUT2D eigenvalue weighted by atomic mass is 35.5. The zero-order valence-corrected chi connectivity index (χ0v) is 23.0. The lowest BCUT2D eigenvalue weighted by Gasteiger charge is -2.27. The summed E-state index contributed by atoms with van der Waals surface area (Å²) in [7, 11) is 1.19. The number of carbonyl (C=O) groups is 2. The van der Waals surface area contributed by atoms with Gasteiger partial charge in [0.05, 0.1) is 66.4 Å². The third-order valence-electron chi connectivity index (χ3n) is 6.00. The monoisotopic (exact) mass is 601 g/mol. The predicted octanol–water partition coefficient (Wildman–Crippen LogP) is 4.36. The van der Waals surface area contributed by atoms with Gasteiger partial charge in [0.2, 0.25) is 0 Å². The van der Waals surface area contributed by atoms with E-state index in [4.69, 9.17) is 16.3 Å². The van der Waals surface area contributed by atoms with Crippen molar-refractivity contribution in [3.8, 4) is 11.9 Å². The molecule has 16 heteroatoms. The summed E-state index contributed by atoms with van der Waals surface area (Å²) >= 11 is 6.31. The summed E-state index contributed by atoms with van der Waals surface area (Å²) in [5.41, 5.74) is -0.739.